The van der Waals surface area contributed by atoms with Gasteiger partial charge >= 0.3 is 5.97 Å². The third-order valence-electron chi connectivity index (χ3n) is 2.29. The summed E-state index contributed by atoms with van der Waals surface area (Å²) in [5.74, 6) is -0.931. The van der Waals surface area contributed by atoms with Gasteiger partial charge in [0.2, 0.25) is 0 Å². The minimum absolute atomic E-state index is 0.702. The number of pyridine rings is 1. The molecule has 0 radical (unpaired) electrons. The topological polar surface area (TPSA) is 50.2 Å². The molecule has 19 heavy (non-hydrogen) atoms. The number of aliphatic carboxylic acids is 1. The molecule has 0 aliphatic rings. The van der Waals surface area contributed by atoms with Gasteiger partial charge in [-0.15, -0.1) is 0 Å². The lowest BCUT2D eigenvalue weighted by Crippen LogP contribution is -1.87. The van der Waals surface area contributed by atoms with Crippen LogP contribution in [0.3, 0.4) is 0 Å². The quantitative estimate of drug-likeness (QED) is 0.645. The van der Waals surface area contributed by atoms with Crippen molar-refractivity contribution >= 4 is 12.0 Å². The Kier molecular flexibility index (Phi) is 6.03. The average molecular weight is 255 g/mol. The van der Waals surface area contributed by atoms with E-state index in [1.54, 1.807) is 25.4 Å². The second-order valence-corrected chi connectivity index (χ2v) is 4.12. The molecule has 1 N–H and O–H groups in total. The Morgan fingerprint density at radius 1 is 1.26 bits per heavy atom. The van der Waals surface area contributed by atoms with Crippen LogP contribution in [0.15, 0.2) is 66.1 Å². The minimum atomic E-state index is -0.931. The molecule has 0 amide bonds. The molecule has 0 bridgehead atoms. The zero-order valence-corrected chi connectivity index (χ0v) is 11.1. The van der Waals surface area contributed by atoms with Crippen LogP contribution in [0.2, 0.25) is 0 Å². The Hall–Kier alpha value is -2.42. The molecule has 1 aromatic heterocycles. The lowest BCUT2D eigenvalue weighted by molar-refractivity contribution is -0.131. The minimum Gasteiger partial charge on any atom is -0.478 e. The highest BCUT2D eigenvalue weighted by Gasteiger charge is 1.88. The molecule has 0 aliphatic heterocycles. The van der Waals surface area contributed by atoms with Gasteiger partial charge in [0.15, 0.2) is 0 Å². The smallest absolute Gasteiger partial charge is 0.328 e. The van der Waals surface area contributed by atoms with E-state index in [1.165, 1.54) is 6.08 Å². The summed E-state index contributed by atoms with van der Waals surface area (Å²) in [5.41, 5.74) is 2.82. The summed E-state index contributed by atoms with van der Waals surface area (Å²) < 4.78 is 0. The Morgan fingerprint density at radius 2 is 2.05 bits per heavy atom. The van der Waals surface area contributed by atoms with Gasteiger partial charge in [-0.3, -0.25) is 4.98 Å². The van der Waals surface area contributed by atoms with Crippen LogP contribution in [0.4, 0.5) is 0 Å². The Morgan fingerprint density at radius 3 is 2.68 bits per heavy atom. The van der Waals surface area contributed by atoms with Gasteiger partial charge in [-0.1, -0.05) is 42.0 Å². The van der Waals surface area contributed by atoms with Gasteiger partial charge in [-0.05, 0) is 31.1 Å². The first-order valence-corrected chi connectivity index (χ1v) is 5.92. The summed E-state index contributed by atoms with van der Waals surface area (Å²) in [6, 6.07) is 3.87. The highest BCUT2D eigenvalue weighted by molar-refractivity contribution is 5.81. The normalized spacial score (nSPS) is 13.4. The molecule has 1 heterocycles. The molecular weight excluding hydrogens is 238 g/mol. The highest BCUT2D eigenvalue weighted by Crippen LogP contribution is 2.04. The van der Waals surface area contributed by atoms with E-state index in [0.717, 1.165) is 11.1 Å². The van der Waals surface area contributed by atoms with Crippen LogP contribution in [-0.4, -0.2) is 16.1 Å². The molecule has 0 saturated carbocycles. The number of nitrogens with zero attached hydrogens (tertiary/aromatic N) is 1. The number of carbonyl (C=O) groups is 1. The summed E-state index contributed by atoms with van der Waals surface area (Å²) in [4.78, 5) is 14.5. The second-order valence-electron chi connectivity index (χ2n) is 4.12. The second kappa shape index (κ2) is 7.82. The monoisotopic (exact) mass is 255 g/mol. The van der Waals surface area contributed by atoms with Gasteiger partial charge in [0.25, 0.3) is 0 Å². The molecule has 0 aliphatic carbocycles. The van der Waals surface area contributed by atoms with E-state index >= 15 is 0 Å². The van der Waals surface area contributed by atoms with Crippen LogP contribution >= 0.6 is 0 Å². The molecule has 3 nitrogen and oxygen atoms in total. The number of allylic oxidation sites excluding steroid dienone is 6. The average Bonchev–Trinajstić information content (AvgIpc) is 2.36. The summed E-state index contributed by atoms with van der Waals surface area (Å²) >= 11 is 0. The number of carboxylic acids is 1. The van der Waals surface area contributed by atoms with Crippen LogP contribution in [-0.2, 0) is 4.79 Å². The molecule has 1 rings (SSSR count). The summed E-state index contributed by atoms with van der Waals surface area (Å²) in [5, 5.41) is 8.56. The molecule has 0 aromatic carbocycles. The van der Waals surface area contributed by atoms with E-state index < -0.39 is 5.97 Å². The fourth-order valence-electron chi connectivity index (χ4n) is 1.35. The molecule has 1 aromatic rings. The molecule has 3 heteroatoms. The van der Waals surface area contributed by atoms with Gasteiger partial charge < -0.3 is 5.11 Å². The van der Waals surface area contributed by atoms with Crippen LogP contribution in [0.5, 0.6) is 0 Å². The summed E-state index contributed by atoms with van der Waals surface area (Å²) in [6.07, 6.45) is 14.2. The maximum Gasteiger partial charge on any atom is 0.328 e. The molecule has 0 unspecified atom stereocenters. The standard InChI is InChI=1S/C16H17NO2/c1-13(5-3-6-14(2)11-16(18)19)8-9-15-7-4-10-17-12-15/h3-12H,1-2H3,(H,18,19)/b6-3-,9-8-,13-5-,14-11-. The number of hydrogen-bond acceptors (Lipinski definition) is 2. The van der Waals surface area contributed by atoms with Gasteiger partial charge in [0, 0.05) is 18.5 Å². The lowest BCUT2D eigenvalue weighted by atomic mass is 10.2. The van der Waals surface area contributed by atoms with Crippen LogP contribution in [0.25, 0.3) is 6.08 Å². The zero-order valence-electron chi connectivity index (χ0n) is 11.1. The van der Waals surface area contributed by atoms with Crippen molar-refractivity contribution in [3.05, 3.63) is 71.6 Å². The molecule has 0 atom stereocenters. The van der Waals surface area contributed by atoms with Crippen LogP contribution in [0.1, 0.15) is 19.4 Å². The Balaban J connectivity index is 2.61. The first-order chi connectivity index (χ1) is 9.08. The van der Waals surface area contributed by atoms with E-state index in [4.69, 9.17) is 5.11 Å². The Labute approximate surface area is 113 Å². The van der Waals surface area contributed by atoms with Crippen LogP contribution < -0.4 is 0 Å². The maximum atomic E-state index is 10.4. The van der Waals surface area contributed by atoms with Crippen molar-refractivity contribution in [1.82, 2.24) is 4.98 Å². The first kappa shape index (κ1) is 14.6. The van der Waals surface area contributed by atoms with Crippen molar-refractivity contribution in [2.24, 2.45) is 0 Å². The van der Waals surface area contributed by atoms with E-state index in [2.05, 4.69) is 4.98 Å². The fraction of sp³-hybridized carbons (Fsp3) is 0.125. The van der Waals surface area contributed by atoms with Crippen LogP contribution in [0, 0.1) is 0 Å². The fourth-order valence-corrected chi connectivity index (χ4v) is 1.35. The lowest BCUT2D eigenvalue weighted by Gasteiger charge is -1.92. The van der Waals surface area contributed by atoms with E-state index in [1.807, 2.05) is 43.4 Å². The van der Waals surface area contributed by atoms with Gasteiger partial charge in [-0.25, -0.2) is 4.79 Å². The number of rotatable bonds is 5. The van der Waals surface area contributed by atoms with Gasteiger partial charge in [0.05, 0.1) is 0 Å². The zero-order chi connectivity index (χ0) is 14.1. The molecule has 0 fully saturated rings. The Bertz CT molecular complexity index is 537. The highest BCUT2D eigenvalue weighted by atomic mass is 16.4. The van der Waals surface area contributed by atoms with Gasteiger partial charge in [0.1, 0.15) is 0 Å². The third-order valence-corrected chi connectivity index (χ3v) is 2.29. The van der Waals surface area contributed by atoms with Gasteiger partial charge in [-0.2, -0.15) is 0 Å². The molecule has 0 saturated heterocycles. The van der Waals surface area contributed by atoms with E-state index in [0.29, 0.717) is 5.57 Å². The van der Waals surface area contributed by atoms with Crippen molar-refractivity contribution in [3.63, 3.8) is 0 Å². The maximum absolute atomic E-state index is 10.4. The predicted octanol–water partition coefficient (Wildman–Crippen LogP) is 3.63. The largest absolute Gasteiger partial charge is 0.478 e. The summed E-state index contributed by atoms with van der Waals surface area (Å²) in [6.45, 7) is 3.73. The van der Waals surface area contributed by atoms with Crippen molar-refractivity contribution in [1.29, 1.82) is 0 Å². The van der Waals surface area contributed by atoms with E-state index in [-0.39, 0.29) is 0 Å². The SMILES string of the molecule is CC(/C=C\c1cccnc1)=C/C=C\C(C)=C/C(=O)O. The summed E-state index contributed by atoms with van der Waals surface area (Å²) in [7, 11) is 0. The molecule has 0 spiro atoms. The molecule has 98 valence electrons. The van der Waals surface area contributed by atoms with Crippen molar-refractivity contribution < 1.29 is 9.90 Å². The predicted molar refractivity (Wildman–Crippen MR) is 77.6 cm³/mol. The van der Waals surface area contributed by atoms with Crippen molar-refractivity contribution in [2.45, 2.75) is 13.8 Å². The van der Waals surface area contributed by atoms with Crippen molar-refractivity contribution in [3.8, 4) is 0 Å². The molecular formula is C16H17NO2. The van der Waals surface area contributed by atoms with E-state index in [9.17, 15) is 4.79 Å². The first-order valence-electron chi connectivity index (χ1n) is 5.92. The number of hydrogen-bond donors (Lipinski definition) is 1. The van der Waals surface area contributed by atoms with Crippen molar-refractivity contribution in [2.75, 3.05) is 0 Å². The third kappa shape index (κ3) is 6.78. The number of carboxylic acid groups (broad SMARTS) is 1. The number of aromatic nitrogens is 1.